The molecule has 0 spiro atoms. The van der Waals surface area contributed by atoms with Crippen LogP contribution in [0.25, 0.3) is 0 Å². The predicted molar refractivity (Wildman–Crippen MR) is 89.9 cm³/mol. The Kier molecular flexibility index (Phi) is 5.00. The van der Waals surface area contributed by atoms with E-state index in [1.54, 1.807) is 18.2 Å². The predicted octanol–water partition coefficient (Wildman–Crippen LogP) is 3.60. The Bertz CT molecular complexity index is 546. The molecule has 126 valence electrons. The second kappa shape index (κ2) is 7.00. The second-order valence-electron chi connectivity index (χ2n) is 7.45. The highest BCUT2D eigenvalue weighted by Gasteiger charge is 2.38. The van der Waals surface area contributed by atoms with Crippen molar-refractivity contribution in [1.29, 1.82) is 0 Å². The number of hydrogen-bond acceptors (Lipinski definition) is 2. The molecule has 2 saturated heterocycles. The Morgan fingerprint density at radius 3 is 2.52 bits per heavy atom. The Balaban J connectivity index is 1.65. The molecule has 3 nitrogen and oxygen atoms in total. The highest BCUT2D eigenvalue weighted by Crippen LogP contribution is 2.34. The van der Waals surface area contributed by atoms with Gasteiger partial charge < -0.3 is 5.32 Å². The van der Waals surface area contributed by atoms with Crippen LogP contribution in [0.1, 0.15) is 56.3 Å². The van der Waals surface area contributed by atoms with Crippen LogP contribution in [-0.2, 0) is 0 Å². The normalized spacial score (nSPS) is 27.9. The third kappa shape index (κ3) is 3.74. The Morgan fingerprint density at radius 2 is 1.91 bits per heavy atom. The molecule has 1 aromatic carbocycles. The second-order valence-corrected chi connectivity index (χ2v) is 7.45. The van der Waals surface area contributed by atoms with E-state index in [4.69, 9.17) is 0 Å². The zero-order valence-electron chi connectivity index (χ0n) is 14.1. The minimum absolute atomic E-state index is 0.155. The smallest absolute Gasteiger partial charge is 0.254 e. The van der Waals surface area contributed by atoms with Gasteiger partial charge in [0.05, 0.1) is 5.56 Å². The molecule has 2 fully saturated rings. The number of piperidine rings is 2. The number of nitrogens with one attached hydrogen (secondary N) is 1. The fourth-order valence-electron chi connectivity index (χ4n) is 4.22. The molecular weight excluding hydrogens is 291 g/mol. The van der Waals surface area contributed by atoms with E-state index in [0.717, 1.165) is 19.4 Å². The standard InChI is InChI=1S/C19H27FN2O/c1-13(2)12-22-15-6-5-7-16(22)11-14(10-15)21-19(23)17-8-3-4-9-18(17)20/h3-4,8-9,13-16H,5-7,10-12H2,1-2H3,(H,21,23)/t14?,15-,16+. The van der Waals surface area contributed by atoms with Crippen LogP contribution in [0.5, 0.6) is 0 Å². The lowest BCUT2D eigenvalue weighted by Crippen LogP contribution is -2.57. The molecule has 3 rings (SSSR count). The first kappa shape index (κ1) is 16.4. The van der Waals surface area contributed by atoms with Gasteiger partial charge in [-0.25, -0.2) is 4.39 Å². The monoisotopic (exact) mass is 318 g/mol. The van der Waals surface area contributed by atoms with Crippen LogP contribution in [0.4, 0.5) is 4.39 Å². The van der Waals surface area contributed by atoms with Crippen LogP contribution in [0.15, 0.2) is 24.3 Å². The number of fused-ring (bicyclic) bond motifs is 2. The summed E-state index contributed by atoms with van der Waals surface area (Å²) >= 11 is 0. The van der Waals surface area contributed by atoms with E-state index in [9.17, 15) is 9.18 Å². The fraction of sp³-hybridized carbons (Fsp3) is 0.632. The van der Waals surface area contributed by atoms with Gasteiger partial charge in [-0.3, -0.25) is 9.69 Å². The summed E-state index contributed by atoms with van der Waals surface area (Å²) in [6.45, 7) is 5.67. The van der Waals surface area contributed by atoms with Crippen LogP contribution in [0, 0.1) is 11.7 Å². The molecule has 3 atom stereocenters. The third-order valence-corrected chi connectivity index (χ3v) is 5.16. The molecule has 2 bridgehead atoms. The number of hydrogen-bond donors (Lipinski definition) is 1. The van der Waals surface area contributed by atoms with Gasteiger partial charge in [0.1, 0.15) is 5.82 Å². The summed E-state index contributed by atoms with van der Waals surface area (Å²) in [5, 5.41) is 3.07. The summed E-state index contributed by atoms with van der Waals surface area (Å²) < 4.78 is 13.8. The van der Waals surface area contributed by atoms with Crippen LogP contribution in [-0.4, -0.2) is 35.5 Å². The summed E-state index contributed by atoms with van der Waals surface area (Å²) in [6.07, 6.45) is 5.70. The molecule has 2 aliphatic heterocycles. The number of carbonyl (C=O) groups excluding carboxylic acids is 1. The number of halogens is 1. The molecule has 0 aliphatic carbocycles. The van der Waals surface area contributed by atoms with E-state index in [-0.39, 0.29) is 17.5 Å². The maximum absolute atomic E-state index is 13.8. The summed E-state index contributed by atoms with van der Waals surface area (Å²) in [5.74, 6) is -0.0476. The van der Waals surface area contributed by atoms with Gasteiger partial charge in [0, 0.05) is 24.7 Å². The van der Waals surface area contributed by atoms with E-state index in [0.29, 0.717) is 18.0 Å². The van der Waals surface area contributed by atoms with Crippen molar-refractivity contribution in [2.75, 3.05) is 6.54 Å². The van der Waals surface area contributed by atoms with Crippen LogP contribution >= 0.6 is 0 Å². The SMILES string of the molecule is CC(C)CN1[C@@H]2CCC[C@H]1CC(NC(=O)c1ccccc1F)C2. The Labute approximate surface area is 138 Å². The van der Waals surface area contributed by atoms with Crippen molar-refractivity contribution in [3.05, 3.63) is 35.6 Å². The van der Waals surface area contributed by atoms with Crippen molar-refractivity contribution < 1.29 is 9.18 Å². The van der Waals surface area contributed by atoms with Crippen molar-refractivity contribution in [2.45, 2.75) is 64.1 Å². The van der Waals surface area contributed by atoms with Gasteiger partial charge in [0.15, 0.2) is 0 Å². The van der Waals surface area contributed by atoms with Crippen molar-refractivity contribution in [2.24, 2.45) is 5.92 Å². The summed E-state index contributed by atoms with van der Waals surface area (Å²) in [7, 11) is 0. The van der Waals surface area contributed by atoms with Crippen LogP contribution in [0.3, 0.4) is 0 Å². The van der Waals surface area contributed by atoms with Gasteiger partial charge in [-0.05, 0) is 43.7 Å². The van der Waals surface area contributed by atoms with Crippen molar-refractivity contribution in [3.8, 4) is 0 Å². The van der Waals surface area contributed by atoms with Gasteiger partial charge in [0.25, 0.3) is 5.91 Å². The average molecular weight is 318 g/mol. The molecule has 1 unspecified atom stereocenters. The lowest BCUT2D eigenvalue weighted by molar-refractivity contribution is 0.0158. The molecule has 2 heterocycles. The molecule has 4 heteroatoms. The maximum atomic E-state index is 13.8. The minimum Gasteiger partial charge on any atom is -0.349 e. The number of nitrogens with zero attached hydrogens (tertiary/aromatic N) is 1. The minimum atomic E-state index is -0.442. The topological polar surface area (TPSA) is 32.3 Å². The summed E-state index contributed by atoms with van der Waals surface area (Å²) in [4.78, 5) is 15.0. The van der Waals surface area contributed by atoms with Crippen molar-refractivity contribution in [3.63, 3.8) is 0 Å². The molecule has 1 aromatic rings. The highest BCUT2D eigenvalue weighted by molar-refractivity contribution is 5.94. The highest BCUT2D eigenvalue weighted by atomic mass is 19.1. The van der Waals surface area contributed by atoms with Gasteiger partial charge in [-0.1, -0.05) is 32.4 Å². The van der Waals surface area contributed by atoms with Crippen molar-refractivity contribution >= 4 is 5.91 Å². The first-order chi connectivity index (χ1) is 11.0. The van der Waals surface area contributed by atoms with Gasteiger partial charge in [-0.2, -0.15) is 0 Å². The summed E-state index contributed by atoms with van der Waals surface area (Å²) in [5.41, 5.74) is 0.155. The average Bonchev–Trinajstić information content (AvgIpc) is 2.47. The first-order valence-corrected chi connectivity index (χ1v) is 8.85. The molecule has 0 saturated carbocycles. The van der Waals surface area contributed by atoms with Gasteiger partial charge >= 0.3 is 0 Å². The van der Waals surface area contributed by atoms with E-state index < -0.39 is 5.82 Å². The van der Waals surface area contributed by atoms with E-state index in [1.807, 2.05) is 0 Å². The third-order valence-electron chi connectivity index (χ3n) is 5.16. The number of carbonyl (C=O) groups is 1. The fourth-order valence-corrected chi connectivity index (χ4v) is 4.22. The Morgan fingerprint density at radius 1 is 1.26 bits per heavy atom. The van der Waals surface area contributed by atoms with Crippen molar-refractivity contribution in [1.82, 2.24) is 10.2 Å². The number of rotatable bonds is 4. The molecule has 23 heavy (non-hydrogen) atoms. The van der Waals surface area contributed by atoms with Crippen LogP contribution in [0.2, 0.25) is 0 Å². The molecule has 1 amide bonds. The quantitative estimate of drug-likeness (QED) is 0.920. The number of amides is 1. The van der Waals surface area contributed by atoms with E-state index in [2.05, 4.69) is 24.1 Å². The van der Waals surface area contributed by atoms with Gasteiger partial charge in [0.2, 0.25) is 0 Å². The lowest BCUT2D eigenvalue weighted by atomic mass is 9.81. The first-order valence-electron chi connectivity index (χ1n) is 8.85. The summed E-state index contributed by atoms with van der Waals surface area (Å²) in [6, 6.07) is 7.51. The molecule has 1 N–H and O–H groups in total. The van der Waals surface area contributed by atoms with Gasteiger partial charge in [-0.15, -0.1) is 0 Å². The van der Waals surface area contributed by atoms with E-state index >= 15 is 0 Å². The largest absolute Gasteiger partial charge is 0.349 e. The zero-order chi connectivity index (χ0) is 16.4. The lowest BCUT2D eigenvalue weighted by Gasteiger charge is -2.49. The molecule has 2 aliphatic rings. The molecule has 0 aromatic heterocycles. The zero-order valence-corrected chi connectivity index (χ0v) is 14.1. The number of benzene rings is 1. The van der Waals surface area contributed by atoms with E-state index in [1.165, 1.54) is 25.3 Å². The maximum Gasteiger partial charge on any atom is 0.254 e. The molecule has 0 radical (unpaired) electrons. The Hall–Kier alpha value is -1.42. The van der Waals surface area contributed by atoms with Crippen LogP contribution < -0.4 is 5.32 Å². The molecular formula is C19H27FN2O.